The molecule has 0 atom stereocenters. The SMILES string of the molecule is CCOC(=O)CCCC(=O)OCNC(=O)c1cccnc1. The third-order valence-electron chi connectivity index (χ3n) is 2.46. The van der Waals surface area contributed by atoms with E-state index in [-0.39, 0.29) is 31.4 Å². The molecule has 0 fully saturated rings. The molecule has 1 N–H and O–H groups in total. The number of hydrogen-bond donors (Lipinski definition) is 1. The van der Waals surface area contributed by atoms with Crippen LogP contribution in [0.25, 0.3) is 0 Å². The summed E-state index contributed by atoms with van der Waals surface area (Å²) in [4.78, 5) is 37.8. The maximum Gasteiger partial charge on any atom is 0.307 e. The first-order valence-corrected chi connectivity index (χ1v) is 6.63. The molecule has 0 aliphatic rings. The number of amides is 1. The molecule has 0 radical (unpaired) electrons. The molecule has 7 heteroatoms. The fraction of sp³-hybridized carbons (Fsp3) is 0.429. The van der Waals surface area contributed by atoms with Crippen LogP contribution in [0.3, 0.4) is 0 Å². The predicted molar refractivity (Wildman–Crippen MR) is 73.1 cm³/mol. The molecule has 0 aromatic carbocycles. The molecule has 1 aromatic rings. The standard InChI is InChI=1S/C14H18N2O5/c1-2-20-12(17)6-3-7-13(18)21-10-16-14(19)11-5-4-8-15-9-11/h4-5,8-9H,2-3,6-7,10H2,1H3,(H,16,19). The highest BCUT2D eigenvalue weighted by atomic mass is 16.5. The lowest BCUT2D eigenvalue weighted by Crippen LogP contribution is -2.27. The third kappa shape index (κ3) is 7.05. The largest absolute Gasteiger partial charge is 0.466 e. The van der Waals surface area contributed by atoms with Gasteiger partial charge in [0.25, 0.3) is 5.91 Å². The van der Waals surface area contributed by atoms with E-state index in [0.29, 0.717) is 18.6 Å². The number of hydrogen-bond acceptors (Lipinski definition) is 6. The van der Waals surface area contributed by atoms with Gasteiger partial charge >= 0.3 is 11.9 Å². The molecule has 1 aromatic heterocycles. The summed E-state index contributed by atoms with van der Waals surface area (Å²) in [6, 6.07) is 3.24. The maximum absolute atomic E-state index is 11.6. The normalized spacial score (nSPS) is 9.76. The summed E-state index contributed by atoms with van der Waals surface area (Å²) in [5, 5.41) is 2.44. The van der Waals surface area contributed by atoms with Crippen LogP contribution in [0.15, 0.2) is 24.5 Å². The van der Waals surface area contributed by atoms with Crippen LogP contribution in [0.4, 0.5) is 0 Å². The predicted octanol–water partition coefficient (Wildman–Crippen LogP) is 1.05. The zero-order valence-corrected chi connectivity index (χ0v) is 11.8. The quantitative estimate of drug-likeness (QED) is 0.569. The lowest BCUT2D eigenvalue weighted by atomic mass is 10.2. The van der Waals surface area contributed by atoms with Crippen LogP contribution in [0.2, 0.25) is 0 Å². The molecule has 21 heavy (non-hydrogen) atoms. The van der Waals surface area contributed by atoms with Gasteiger partial charge in [0, 0.05) is 25.2 Å². The molecule has 114 valence electrons. The number of carbonyl (C=O) groups is 3. The van der Waals surface area contributed by atoms with E-state index in [2.05, 4.69) is 10.3 Å². The topological polar surface area (TPSA) is 94.6 Å². The Balaban J connectivity index is 2.13. The van der Waals surface area contributed by atoms with Crippen molar-refractivity contribution in [1.29, 1.82) is 0 Å². The highest BCUT2D eigenvalue weighted by Gasteiger charge is 2.08. The van der Waals surface area contributed by atoms with Gasteiger partial charge in [-0.1, -0.05) is 0 Å². The summed E-state index contributed by atoms with van der Waals surface area (Å²) in [7, 11) is 0. The summed E-state index contributed by atoms with van der Waals surface area (Å²) in [5.41, 5.74) is 0.385. The van der Waals surface area contributed by atoms with Crippen molar-refractivity contribution in [3.8, 4) is 0 Å². The first-order valence-electron chi connectivity index (χ1n) is 6.63. The minimum atomic E-state index is -0.481. The fourth-order valence-corrected chi connectivity index (χ4v) is 1.46. The molecule has 0 bridgehead atoms. The highest BCUT2D eigenvalue weighted by molar-refractivity contribution is 5.93. The van der Waals surface area contributed by atoms with Gasteiger partial charge in [0.1, 0.15) is 0 Å². The lowest BCUT2D eigenvalue weighted by molar-refractivity contribution is -0.145. The van der Waals surface area contributed by atoms with Gasteiger partial charge in [0.15, 0.2) is 6.73 Å². The van der Waals surface area contributed by atoms with Gasteiger partial charge in [0.2, 0.25) is 0 Å². The van der Waals surface area contributed by atoms with Crippen LogP contribution in [0.5, 0.6) is 0 Å². The van der Waals surface area contributed by atoms with Crippen molar-refractivity contribution < 1.29 is 23.9 Å². The van der Waals surface area contributed by atoms with E-state index >= 15 is 0 Å². The zero-order chi connectivity index (χ0) is 15.5. The van der Waals surface area contributed by atoms with Crippen molar-refractivity contribution in [2.24, 2.45) is 0 Å². The molecule has 1 rings (SSSR count). The molecule has 0 saturated carbocycles. The minimum absolute atomic E-state index is 0.0988. The maximum atomic E-state index is 11.6. The Morgan fingerprint density at radius 1 is 1.19 bits per heavy atom. The zero-order valence-electron chi connectivity index (χ0n) is 11.8. The van der Waals surface area contributed by atoms with Gasteiger partial charge in [-0.3, -0.25) is 19.4 Å². The third-order valence-corrected chi connectivity index (χ3v) is 2.46. The summed E-state index contributed by atoms with van der Waals surface area (Å²) in [5.74, 6) is -1.19. The average molecular weight is 294 g/mol. The average Bonchev–Trinajstić information content (AvgIpc) is 2.48. The van der Waals surface area contributed by atoms with Crippen molar-refractivity contribution in [2.45, 2.75) is 26.2 Å². The number of nitrogens with zero attached hydrogens (tertiary/aromatic N) is 1. The van der Waals surface area contributed by atoms with E-state index in [1.165, 1.54) is 6.20 Å². The van der Waals surface area contributed by atoms with E-state index in [1.807, 2.05) is 0 Å². The number of ether oxygens (including phenoxy) is 2. The Morgan fingerprint density at radius 2 is 1.90 bits per heavy atom. The molecule has 0 aliphatic carbocycles. The molecule has 0 aliphatic heterocycles. The Kier molecular flexibility index (Phi) is 7.49. The van der Waals surface area contributed by atoms with E-state index in [4.69, 9.17) is 9.47 Å². The number of carbonyl (C=O) groups excluding carboxylic acids is 3. The lowest BCUT2D eigenvalue weighted by Gasteiger charge is -2.06. The van der Waals surface area contributed by atoms with Gasteiger partial charge in [-0.05, 0) is 25.5 Å². The van der Waals surface area contributed by atoms with Crippen LogP contribution in [-0.4, -0.2) is 36.2 Å². The molecular formula is C14H18N2O5. The number of nitrogens with one attached hydrogen (secondary N) is 1. The molecule has 0 unspecified atom stereocenters. The molecular weight excluding hydrogens is 276 g/mol. The Labute approximate surface area is 122 Å². The molecule has 7 nitrogen and oxygen atoms in total. The Bertz CT molecular complexity index is 476. The summed E-state index contributed by atoms with van der Waals surface area (Å²) < 4.78 is 9.56. The first kappa shape index (κ1) is 16.6. The van der Waals surface area contributed by atoms with Crippen LogP contribution in [-0.2, 0) is 19.1 Å². The Morgan fingerprint density at radius 3 is 2.52 bits per heavy atom. The van der Waals surface area contributed by atoms with Gasteiger partial charge < -0.3 is 14.8 Å². The summed E-state index contributed by atoms with van der Waals surface area (Å²) in [6.45, 7) is 1.83. The van der Waals surface area contributed by atoms with Crippen LogP contribution < -0.4 is 5.32 Å². The van der Waals surface area contributed by atoms with Gasteiger partial charge in [0.05, 0.1) is 12.2 Å². The molecule has 1 amide bonds. The fourth-order valence-electron chi connectivity index (χ4n) is 1.46. The van der Waals surface area contributed by atoms with Crippen molar-refractivity contribution in [3.05, 3.63) is 30.1 Å². The monoisotopic (exact) mass is 294 g/mol. The second kappa shape index (κ2) is 9.46. The number of aromatic nitrogens is 1. The molecule has 0 saturated heterocycles. The van der Waals surface area contributed by atoms with Crippen LogP contribution in [0, 0.1) is 0 Å². The minimum Gasteiger partial charge on any atom is -0.466 e. The van der Waals surface area contributed by atoms with Crippen molar-refractivity contribution in [1.82, 2.24) is 10.3 Å². The van der Waals surface area contributed by atoms with E-state index in [9.17, 15) is 14.4 Å². The van der Waals surface area contributed by atoms with Crippen LogP contribution >= 0.6 is 0 Å². The Hall–Kier alpha value is -2.44. The molecule has 1 heterocycles. The smallest absolute Gasteiger partial charge is 0.307 e. The number of rotatable bonds is 8. The first-order chi connectivity index (χ1) is 10.1. The number of pyridine rings is 1. The second-order valence-corrected chi connectivity index (χ2v) is 4.07. The van der Waals surface area contributed by atoms with Crippen LogP contribution in [0.1, 0.15) is 36.5 Å². The van der Waals surface area contributed by atoms with E-state index in [1.54, 1.807) is 25.3 Å². The van der Waals surface area contributed by atoms with E-state index < -0.39 is 5.97 Å². The highest BCUT2D eigenvalue weighted by Crippen LogP contribution is 2.00. The van der Waals surface area contributed by atoms with Gasteiger partial charge in [-0.15, -0.1) is 0 Å². The van der Waals surface area contributed by atoms with Gasteiger partial charge in [-0.2, -0.15) is 0 Å². The number of esters is 2. The van der Waals surface area contributed by atoms with Crippen molar-refractivity contribution in [2.75, 3.05) is 13.3 Å². The second-order valence-electron chi connectivity index (χ2n) is 4.07. The van der Waals surface area contributed by atoms with Crippen molar-refractivity contribution >= 4 is 17.8 Å². The van der Waals surface area contributed by atoms with E-state index in [0.717, 1.165) is 0 Å². The van der Waals surface area contributed by atoms with Crippen molar-refractivity contribution in [3.63, 3.8) is 0 Å². The van der Waals surface area contributed by atoms with Gasteiger partial charge in [-0.25, -0.2) is 0 Å². The summed E-state index contributed by atoms with van der Waals surface area (Å²) in [6.07, 6.45) is 3.59. The summed E-state index contributed by atoms with van der Waals surface area (Å²) >= 11 is 0. The molecule has 0 spiro atoms.